The summed E-state index contributed by atoms with van der Waals surface area (Å²) in [5, 5.41) is 0.763. The van der Waals surface area contributed by atoms with E-state index in [1.807, 2.05) is 31.2 Å². The van der Waals surface area contributed by atoms with Gasteiger partial charge in [0.2, 0.25) is 5.91 Å². The number of hydrogen-bond acceptors (Lipinski definition) is 2. The van der Waals surface area contributed by atoms with Crippen LogP contribution in [0.5, 0.6) is 0 Å². The molecule has 0 aliphatic rings. The smallest absolute Gasteiger partial charge is 0.254 e. The maximum Gasteiger partial charge on any atom is 0.254 e. The quantitative estimate of drug-likeness (QED) is 0.746. The molecule has 0 atom stereocenters. The summed E-state index contributed by atoms with van der Waals surface area (Å²) in [6.45, 7) is 2.70. The van der Waals surface area contributed by atoms with Gasteiger partial charge < -0.3 is 9.80 Å². The van der Waals surface area contributed by atoms with Gasteiger partial charge in [-0.2, -0.15) is 0 Å². The molecule has 1 aromatic carbocycles. The SMILES string of the molecule is CCCN(CC(=O)N(C)C)C(=O)c1ccc(CBr)cc1. The van der Waals surface area contributed by atoms with E-state index < -0.39 is 0 Å². The van der Waals surface area contributed by atoms with Crippen LogP contribution in [0.25, 0.3) is 0 Å². The highest BCUT2D eigenvalue weighted by molar-refractivity contribution is 9.08. The van der Waals surface area contributed by atoms with Crippen LogP contribution in [0.3, 0.4) is 0 Å². The van der Waals surface area contributed by atoms with Crippen molar-refractivity contribution in [1.82, 2.24) is 9.80 Å². The van der Waals surface area contributed by atoms with Crippen molar-refractivity contribution >= 4 is 27.7 Å². The zero-order valence-electron chi connectivity index (χ0n) is 12.2. The number of carbonyl (C=O) groups is 2. The minimum absolute atomic E-state index is 0.0659. The van der Waals surface area contributed by atoms with Gasteiger partial charge in [-0.25, -0.2) is 0 Å². The monoisotopic (exact) mass is 340 g/mol. The lowest BCUT2D eigenvalue weighted by Crippen LogP contribution is -2.40. The number of rotatable bonds is 6. The van der Waals surface area contributed by atoms with Crippen molar-refractivity contribution in [1.29, 1.82) is 0 Å². The van der Waals surface area contributed by atoms with Crippen LogP contribution in [-0.2, 0) is 10.1 Å². The van der Waals surface area contributed by atoms with Crippen molar-refractivity contribution in [2.45, 2.75) is 18.7 Å². The first-order chi connectivity index (χ1) is 9.49. The third-order valence-corrected chi connectivity index (χ3v) is 3.61. The van der Waals surface area contributed by atoms with Gasteiger partial charge in [-0.3, -0.25) is 9.59 Å². The van der Waals surface area contributed by atoms with Crippen LogP contribution in [0.4, 0.5) is 0 Å². The van der Waals surface area contributed by atoms with E-state index in [-0.39, 0.29) is 18.4 Å². The van der Waals surface area contributed by atoms with Gasteiger partial charge in [0.15, 0.2) is 0 Å². The predicted octanol–water partition coefficient (Wildman–Crippen LogP) is 2.52. The molecule has 1 aromatic rings. The lowest BCUT2D eigenvalue weighted by molar-refractivity contribution is -0.129. The maximum absolute atomic E-state index is 12.4. The van der Waals surface area contributed by atoms with Gasteiger partial charge in [-0.05, 0) is 24.1 Å². The van der Waals surface area contributed by atoms with Crippen molar-refractivity contribution in [3.8, 4) is 0 Å². The standard InChI is InChI=1S/C15H21BrN2O2/c1-4-9-18(11-14(19)17(2)3)15(20)13-7-5-12(10-16)6-8-13/h5-8H,4,9-11H2,1-3H3. The molecule has 0 heterocycles. The topological polar surface area (TPSA) is 40.6 Å². The van der Waals surface area contributed by atoms with E-state index in [4.69, 9.17) is 0 Å². The summed E-state index contributed by atoms with van der Waals surface area (Å²) < 4.78 is 0. The average molecular weight is 341 g/mol. The van der Waals surface area contributed by atoms with Gasteiger partial charge in [0.25, 0.3) is 5.91 Å². The Kier molecular flexibility index (Phi) is 6.71. The molecule has 0 unspecified atom stereocenters. The highest BCUT2D eigenvalue weighted by Gasteiger charge is 2.18. The average Bonchev–Trinajstić information content (AvgIpc) is 2.46. The molecule has 2 amide bonds. The third-order valence-electron chi connectivity index (χ3n) is 2.96. The van der Waals surface area contributed by atoms with E-state index >= 15 is 0 Å². The third kappa shape index (κ3) is 4.63. The Morgan fingerprint density at radius 2 is 1.75 bits per heavy atom. The number of carbonyl (C=O) groups excluding carboxylic acids is 2. The van der Waals surface area contributed by atoms with Crippen molar-refractivity contribution in [3.63, 3.8) is 0 Å². The van der Waals surface area contributed by atoms with Gasteiger partial charge in [-0.15, -0.1) is 0 Å². The molecule has 20 heavy (non-hydrogen) atoms. The second-order valence-corrected chi connectivity index (χ2v) is 5.41. The minimum Gasteiger partial charge on any atom is -0.347 e. The van der Waals surface area contributed by atoms with Crippen LogP contribution in [-0.4, -0.2) is 48.8 Å². The maximum atomic E-state index is 12.4. The summed E-state index contributed by atoms with van der Waals surface area (Å²) in [6.07, 6.45) is 0.825. The second-order valence-electron chi connectivity index (χ2n) is 4.85. The molecule has 0 aliphatic carbocycles. The van der Waals surface area contributed by atoms with Crippen LogP contribution < -0.4 is 0 Å². The number of likely N-dealkylation sites (N-methyl/N-ethyl adjacent to an activating group) is 1. The first-order valence-corrected chi connectivity index (χ1v) is 7.76. The molecule has 0 spiro atoms. The number of alkyl halides is 1. The largest absolute Gasteiger partial charge is 0.347 e. The van der Waals surface area contributed by atoms with Gasteiger partial charge in [0, 0.05) is 31.5 Å². The minimum atomic E-state index is -0.0943. The summed E-state index contributed by atoms with van der Waals surface area (Å²) in [5.41, 5.74) is 1.74. The summed E-state index contributed by atoms with van der Waals surface area (Å²) >= 11 is 3.38. The molecule has 0 saturated heterocycles. The second kappa shape index (κ2) is 8.04. The zero-order valence-corrected chi connectivity index (χ0v) is 13.8. The van der Waals surface area contributed by atoms with Crippen LogP contribution in [0.2, 0.25) is 0 Å². The lowest BCUT2D eigenvalue weighted by Gasteiger charge is -2.23. The van der Waals surface area contributed by atoms with Gasteiger partial charge in [0.05, 0.1) is 0 Å². The lowest BCUT2D eigenvalue weighted by atomic mass is 10.1. The van der Waals surface area contributed by atoms with Crippen LogP contribution >= 0.6 is 15.9 Å². The van der Waals surface area contributed by atoms with E-state index in [1.165, 1.54) is 4.90 Å². The first kappa shape index (κ1) is 16.7. The Morgan fingerprint density at radius 1 is 1.15 bits per heavy atom. The predicted molar refractivity (Wildman–Crippen MR) is 84.0 cm³/mol. The first-order valence-electron chi connectivity index (χ1n) is 6.64. The molecular weight excluding hydrogens is 320 g/mol. The Hall–Kier alpha value is -1.36. The zero-order chi connectivity index (χ0) is 15.1. The fraction of sp³-hybridized carbons (Fsp3) is 0.467. The Morgan fingerprint density at radius 3 is 2.20 bits per heavy atom. The fourth-order valence-electron chi connectivity index (χ4n) is 1.75. The van der Waals surface area contributed by atoms with Crippen molar-refractivity contribution in [2.24, 2.45) is 0 Å². The van der Waals surface area contributed by atoms with Crippen molar-refractivity contribution in [3.05, 3.63) is 35.4 Å². The van der Waals surface area contributed by atoms with Gasteiger partial charge >= 0.3 is 0 Å². The highest BCUT2D eigenvalue weighted by atomic mass is 79.9. The molecule has 1 rings (SSSR count). The number of hydrogen-bond donors (Lipinski definition) is 0. The fourth-order valence-corrected chi connectivity index (χ4v) is 2.12. The van der Waals surface area contributed by atoms with Crippen LogP contribution in [0.15, 0.2) is 24.3 Å². The number of benzene rings is 1. The molecule has 0 fully saturated rings. The molecule has 0 aliphatic heterocycles. The Bertz CT molecular complexity index is 457. The molecular formula is C15H21BrN2O2. The van der Waals surface area contributed by atoms with E-state index in [0.717, 1.165) is 17.3 Å². The molecule has 4 nitrogen and oxygen atoms in total. The molecule has 0 radical (unpaired) electrons. The van der Waals surface area contributed by atoms with Crippen LogP contribution in [0, 0.1) is 0 Å². The summed E-state index contributed by atoms with van der Waals surface area (Å²) in [6, 6.07) is 7.45. The van der Waals surface area contributed by atoms with E-state index in [2.05, 4.69) is 15.9 Å². The summed E-state index contributed by atoms with van der Waals surface area (Å²) in [4.78, 5) is 27.3. The number of halogens is 1. The molecule has 0 N–H and O–H groups in total. The number of nitrogens with zero attached hydrogens (tertiary/aromatic N) is 2. The van der Waals surface area contributed by atoms with Gasteiger partial charge in [-0.1, -0.05) is 35.0 Å². The number of amides is 2. The molecule has 0 bridgehead atoms. The van der Waals surface area contributed by atoms with Crippen molar-refractivity contribution in [2.75, 3.05) is 27.2 Å². The summed E-state index contributed by atoms with van der Waals surface area (Å²) in [7, 11) is 3.39. The van der Waals surface area contributed by atoms with E-state index in [0.29, 0.717) is 12.1 Å². The molecule has 0 aromatic heterocycles. The molecule has 5 heteroatoms. The normalized spacial score (nSPS) is 10.2. The molecule has 0 saturated carbocycles. The van der Waals surface area contributed by atoms with Crippen LogP contribution in [0.1, 0.15) is 29.3 Å². The Labute approximate surface area is 128 Å². The Balaban J connectivity index is 2.84. The summed E-state index contributed by atoms with van der Waals surface area (Å²) in [5.74, 6) is -0.160. The van der Waals surface area contributed by atoms with E-state index in [1.54, 1.807) is 19.0 Å². The van der Waals surface area contributed by atoms with Gasteiger partial charge in [0.1, 0.15) is 6.54 Å². The molecule has 110 valence electrons. The van der Waals surface area contributed by atoms with E-state index in [9.17, 15) is 9.59 Å². The van der Waals surface area contributed by atoms with Crippen molar-refractivity contribution < 1.29 is 9.59 Å². The highest BCUT2D eigenvalue weighted by Crippen LogP contribution is 2.11.